The number of hydrogen-bond acceptors (Lipinski definition) is 2. The van der Waals surface area contributed by atoms with E-state index in [-0.39, 0.29) is 5.91 Å². The minimum Gasteiger partial charge on any atom is -0.278 e. The average molecular weight is 267 g/mol. The number of hydrogen-bond donors (Lipinski definition) is 0. The summed E-state index contributed by atoms with van der Waals surface area (Å²) in [6.45, 7) is 4.36. The molecule has 3 nitrogen and oxygen atoms in total. The van der Waals surface area contributed by atoms with E-state index in [2.05, 4.69) is 22.5 Å². The van der Waals surface area contributed by atoms with Crippen molar-refractivity contribution in [3.05, 3.63) is 41.5 Å². The lowest BCUT2D eigenvalue weighted by molar-refractivity contribution is -0.125. The summed E-state index contributed by atoms with van der Waals surface area (Å²) in [5, 5.41) is 3.48. The van der Waals surface area contributed by atoms with Crippen LogP contribution in [0.5, 0.6) is 0 Å². The fourth-order valence-electron chi connectivity index (χ4n) is 1.63. The molecule has 0 radical (unpaired) electrons. The summed E-state index contributed by atoms with van der Waals surface area (Å²) >= 11 is 3.38. The normalized spacial score (nSPS) is 15.9. The first kappa shape index (κ1) is 10.2. The van der Waals surface area contributed by atoms with E-state index in [9.17, 15) is 4.79 Å². The zero-order chi connectivity index (χ0) is 10.8. The molecule has 1 aliphatic rings. The van der Waals surface area contributed by atoms with Gasteiger partial charge in [-0.3, -0.25) is 9.80 Å². The average Bonchev–Trinajstić information content (AvgIpc) is 2.61. The number of hydrazine groups is 1. The van der Waals surface area contributed by atoms with E-state index in [1.54, 1.807) is 11.2 Å². The molecule has 0 aliphatic carbocycles. The Hall–Kier alpha value is -1.29. The highest BCUT2D eigenvalue weighted by Gasteiger charge is 2.26. The highest BCUT2D eigenvalue weighted by molar-refractivity contribution is 9.10. The molecule has 0 unspecified atom stereocenters. The summed E-state index contributed by atoms with van der Waals surface area (Å²) < 4.78 is 1.03. The SMILES string of the molecule is C=CN1C(=O)CCN1c1ccc(Br)cc1. The number of nitrogens with zero attached hydrogens (tertiary/aromatic N) is 2. The topological polar surface area (TPSA) is 23.6 Å². The molecule has 78 valence electrons. The maximum atomic E-state index is 11.5. The van der Waals surface area contributed by atoms with Crippen LogP contribution in [-0.2, 0) is 4.79 Å². The summed E-state index contributed by atoms with van der Waals surface area (Å²) in [7, 11) is 0. The minimum absolute atomic E-state index is 0.0907. The molecule has 1 heterocycles. The summed E-state index contributed by atoms with van der Waals surface area (Å²) in [5.41, 5.74) is 1.00. The van der Waals surface area contributed by atoms with Crippen LogP contribution in [0.25, 0.3) is 0 Å². The van der Waals surface area contributed by atoms with Gasteiger partial charge in [0.05, 0.1) is 5.69 Å². The van der Waals surface area contributed by atoms with Gasteiger partial charge >= 0.3 is 0 Å². The van der Waals surface area contributed by atoms with Crippen LogP contribution in [0.2, 0.25) is 0 Å². The second kappa shape index (κ2) is 4.06. The van der Waals surface area contributed by atoms with Gasteiger partial charge in [-0.1, -0.05) is 22.5 Å². The van der Waals surface area contributed by atoms with Gasteiger partial charge in [-0.25, -0.2) is 5.01 Å². The van der Waals surface area contributed by atoms with Crippen LogP contribution in [0.1, 0.15) is 6.42 Å². The summed E-state index contributed by atoms with van der Waals surface area (Å²) in [5.74, 6) is 0.0907. The van der Waals surface area contributed by atoms with Crippen LogP contribution in [0.15, 0.2) is 41.5 Å². The molecule has 1 amide bonds. The third kappa shape index (κ3) is 1.90. The van der Waals surface area contributed by atoms with Gasteiger partial charge in [-0.15, -0.1) is 0 Å². The first-order chi connectivity index (χ1) is 7.22. The molecular weight excluding hydrogens is 256 g/mol. The Balaban J connectivity index is 2.27. The van der Waals surface area contributed by atoms with E-state index in [4.69, 9.17) is 0 Å². The molecule has 1 aliphatic heterocycles. The number of carbonyl (C=O) groups excluding carboxylic acids is 1. The van der Waals surface area contributed by atoms with Gasteiger partial charge in [0.1, 0.15) is 0 Å². The highest BCUT2D eigenvalue weighted by Crippen LogP contribution is 2.24. The van der Waals surface area contributed by atoms with Crippen LogP contribution >= 0.6 is 15.9 Å². The first-order valence-corrected chi connectivity index (χ1v) is 5.49. The minimum atomic E-state index is 0.0907. The lowest BCUT2D eigenvalue weighted by atomic mass is 10.3. The molecule has 0 atom stereocenters. The van der Waals surface area contributed by atoms with Gasteiger partial charge in [0, 0.05) is 23.6 Å². The van der Waals surface area contributed by atoms with Crippen molar-refractivity contribution >= 4 is 27.5 Å². The molecule has 1 fully saturated rings. The zero-order valence-corrected chi connectivity index (χ0v) is 9.77. The summed E-state index contributed by atoms with van der Waals surface area (Å²) in [6.07, 6.45) is 2.10. The van der Waals surface area contributed by atoms with E-state index in [1.807, 2.05) is 29.3 Å². The largest absolute Gasteiger partial charge is 0.278 e. The maximum absolute atomic E-state index is 11.5. The van der Waals surface area contributed by atoms with Gasteiger partial charge in [-0.05, 0) is 24.3 Å². The van der Waals surface area contributed by atoms with Crippen molar-refractivity contribution in [1.29, 1.82) is 0 Å². The van der Waals surface area contributed by atoms with E-state index in [0.717, 1.165) is 10.2 Å². The zero-order valence-electron chi connectivity index (χ0n) is 8.19. The van der Waals surface area contributed by atoms with Crippen molar-refractivity contribution in [2.24, 2.45) is 0 Å². The Labute approximate surface area is 97.1 Å². The third-order valence-corrected chi connectivity index (χ3v) is 2.88. The number of amides is 1. The van der Waals surface area contributed by atoms with Crippen molar-refractivity contribution in [2.45, 2.75) is 6.42 Å². The molecule has 0 N–H and O–H groups in total. The fraction of sp³-hybridized carbons (Fsp3) is 0.182. The van der Waals surface area contributed by atoms with Crippen LogP contribution in [-0.4, -0.2) is 17.5 Å². The predicted octanol–water partition coefficient (Wildman–Crippen LogP) is 2.55. The molecule has 0 saturated carbocycles. The van der Waals surface area contributed by atoms with Crippen LogP contribution in [0, 0.1) is 0 Å². The lowest BCUT2D eigenvalue weighted by Crippen LogP contribution is -2.34. The second-order valence-corrected chi connectivity index (χ2v) is 4.19. The molecule has 1 aromatic rings. The molecule has 4 heteroatoms. The van der Waals surface area contributed by atoms with E-state index in [0.29, 0.717) is 13.0 Å². The monoisotopic (exact) mass is 266 g/mol. The van der Waals surface area contributed by atoms with Crippen molar-refractivity contribution < 1.29 is 4.79 Å². The van der Waals surface area contributed by atoms with E-state index < -0.39 is 0 Å². The maximum Gasteiger partial charge on any atom is 0.247 e. The number of benzene rings is 1. The highest BCUT2D eigenvalue weighted by atomic mass is 79.9. The molecule has 2 rings (SSSR count). The Kier molecular flexibility index (Phi) is 2.77. The van der Waals surface area contributed by atoms with Crippen molar-refractivity contribution in [1.82, 2.24) is 5.01 Å². The van der Waals surface area contributed by atoms with Crippen LogP contribution in [0.3, 0.4) is 0 Å². The summed E-state index contributed by atoms with van der Waals surface area (Å²) in [4.78, 5) is 11.5. The Morgan fingerprint density at radius 2 is 2.00 bits per heavy atom. The summed E-state index contributed by atoms with van der Waals surface area (Å²) in [6, 6.07) is 7.86. The van der Waals surface area contributed by atoms with Crippen molar-refractivity contribution in [3.63, 3.8) is 0 Å². The molecular formula is C11H11BrN2O. The fourth-order valence-corrected chi connectivity index (χ4v) is 1.89. The molecule has 0 aromatic heterocycles. The van der Waals surface area contributed by atoms with Gasteiger partial charge in [0.2, 0.25) is 5.91 Å². The van der Waals surface area contributed by atoms with Crippen LogP contribution < -0.4 is 5.01 Å². The number of carbonyl (C=O) groups is 1. The predicted molar refractivity (Wildman–Crippen MR) is 63.1 cm³/mol. The third-order valence-electron chi connectivity index (χ3n) is 2.35. The Bertz CT molecular complexity index is 388. The van der Waals surface area contributed by atoms with E-state index in [1.165, 1.54) is 0 Å². The standard InChI is InChI=1S/C11H11BrN2O/c1-2-13-11(15)7-8-14(13)10-5-3-9(12)4-6-10/h2-6H,1,7-8H2. The first-order valence-electron chi connectivity index (χ1n) is 4.70. The molecule has 0 bridgehead atoms. The van der Waals surface area contributed by atoms with Gasteiger partial charge in [0.15, 0.2) is 0 Å². The van der Waals surface area contributed by atoms with Gasteiger partial charge in [-0.2, -0.15) is 0 Å². The number of anilines is 1. The quantitative estimate of drug-likeness (QED) is 0.822. The lowest BCUT2D eigenvalue weighted by Gasteiger charge is -2.26. The van der Waals surface area contributed by atoms with Crippen molar-refractivity contribution in [2.75, 3.05) is 11.6 Å². The van der Waals surface area contributed by atoms with Gasteiger partial charge < -0.3 is 0 Å². The Morgan fingerprint density at radius 3 is 2.60 bits per heavy atom. The number of halogens is 1. The molecule has 0 spiro atoms. The van der Waals surface area contributed by atoms with E-state index >= 15 is 0 Å². The number of rotatable bonds is 2. The second-order valence-electron chi connectivity index (χ2n) is 3.27. The van der Waals surface area contributed by atoms with Gasteiger partial charge in [0.25, 0.3) is 0 Å². The molecule has 15 heavy (non-hydrogen) atoms. The van der Waals surface area contributed by atoms with Crippen LogP contribution in [0.4, 0.5) is 5.69 Å². The Morgan fingerprint density at radius 1 is 1.33 bits per heavy atom. The van der Waals surface area contributed by atoms with Crippen molar-refractivity contribution in [3.8, 4) is 0 Å². The smallest absolute Gasteiger partial charge is 0.247 e. The molecule has 1 saturated heterocycles. The molecule has 1 aromatic carbocycles.